The second-order valence-corrected chi connectivity index (χ2v) is 12.9. The van der Waals surface area contributed by atoms with Crippen LogP contribution in [0.2, 0.25) is 0 Å². The van der Waals surface area contributed by atoms with Crippen LogP contribution in [0.1, 0.15) is 119 Å². The van der Waals surface area contributed by atoms with Gasteiger partial charge in [0.15, 0.2) is 0 Å². The lowest BCUT2D eigenvalue weighted by Gasteiger charge is -2.61. The molecule has 0 heteroatoms. The molecule has 4 rings (SSSR count). The summed E-state index contributed by atoms with van der Waals surface area (Å²) in [4.78, 5) is 0. The lowest BCUT2D eigenvalue weighted by molar-refractivity contribution is -0.114. The average Bonchev–Trinajstić information content (AvgIpc) is 3.02. The van der Waals surface area contributed by atoms with E-state index in [1.54, 1.807) is 51.4 Å². The molecule has 162 valence electrons. The van der Waals surface area contributed by atoms with Gasteiger partial charge in [-0.15, -0.1) is 0 Å². The summed E-state index contributed by atoms with van der Waals surface area (Å²) in [5.41, 5.74) is 1.37. The summed E-state index contributed by atoms with van der Waals surface area (Å²) in [5.74, 6) is 7.96. The van der Waals surface area contributed by atoms with Gasteiger partial charge in [-0.2, -0.15) is 0 Å². The van der Waals surface area contributed by atoms with E-state index in [-0.39, 0.29) is 0 Å². The lowest BCUT2D eigenvalue weighted by atomic mass is 9.44. The van der Waals surface area contributed by atoms with Gasteiger partial charge in [0, 0.05) is 0 Å². The van der Waals surface area contributed by atoms with Crippen LogP contribution in [0.15, 0.2) is 0 Å². The Morgan fingerprint density at radius 1 is 0.714 bits per heavy atom. The van der Waals surface area contributed by atoms with E-state index in [1.807, 2.05) is 0 Å². The van der Waals surface area contributed by atoms with Crippen molar-refractivity contribution in [3.63, 3.8) is 0 Å². The number of hydrogen-bond donors (Lipinski definition) is 0. The van der Waals surface area contributed by atoms with Crippen LogP contribution >= 0.6 is 0 Å². The highest BCUT2D eigenvalue weighted by molar-refractivity contribution is 5.09. The molecule has 0 N–H and O–H groups in total. The molecule has 4 fully saturated rings. The molecule has 4 saturated carbocycles. The van der Waals surface area contributed by atoms with Gasteiger partial charge in [0.2, 0.25) is 0 Å². The van der Waals surface area contributed by atoms with Crippen molar-refractivity contribution in [3.8, 4) is 0 Å². The van der Waals surface area contributed by atoms with Gasteiger partial charge in [0.1, 0.15) is 0 Å². The molecular formula is C28H50. The summed E-state index contributed by atoms with van der Waals surface area (Å²) < 4.78 is 0. The van der Waals surface area contributed by atoms with Gasteiger partial charge >= 0.3 is 0 Å². The molecule has 0 saturated heterocycles. The highest BCUT2D eigenvalue weighted by atomic mass is 14.6. The largest absolute Gasteiger partial charge is 0.0625 e. The Kier molecular flexibility index (Phi) is 6.01. The molecule has 0 unspecified atom stereocenters. The van der Waals surface area contributed by atoms with Crippen LogP contribution < -0.4 is 0 Å². The highest BCUT2D eigenvalue weighted by Gasteiger charge is 2.60. The van der Waals surface area contributed by atoms with Crippen molar-refractivity contribution in [1.82, 2.24) is 0 Å². The van der Waals surface area contributed by atoms with Crippen molar-refractivity contribution < 1.29 is 0 Å². The van der Waals surface area contributed by atoms with Gasteiger partial charge in [-0.25, -0.2) is 0 Å². The van der Waals surface area contributed by atoms with Gasteiger partial charge in [-0.1, -0.05) is 67.2 Å². The van der Waals surface area contributed by atoms with Crippen molar-refractivity contribution in [1.29, 1.82) is 0 Å². The Hall–Kier alpha value is 0. The fourth-order valence-electron chi connectivity index (χ4n) is 9.33. The minimum atomic E-state index is 0.666. The van der Waals surface area contributed by atoms with Crippen LogP contribution in [0, 0.1) is 58.2 Å². The van der Waals surface area contributed by atoms with Gasteiger partial charge in [-0.3, -0.25) is 0 Å². The first kappa shape index (κ1) is 21.2. The summed E-state index contributed by atoms with van der Waals surface area (Å²) in [6, 6.07) is 0. The van der Waals surface area contributed by atoms with Crippen molar-refractivity contribution in [3.05, 3.63) is 0 Å². The smallest absolute Gasteiger partial charge is 0.0264 e. The zero-order valence-electron chi connectivity index (χ0n) is 20.1. The topological polar surface area (TPSA) is 0 Å². The van der Waals surface area contributed by atoms with Gasteiger partial charge in [0.25, 0.3) is 0 Å². The maximum Gasteiger partial charge on any atom is -0.0264 e. The van der Waals surface area contributed by atoms with Crippen LogP contribution in [-0.2, 0) is 0 Å². The monoisotopic (exact) mass is 386 g/mol. The Balaban J connectivity index is 1.46. The molecule has 0 spiro atoms. The molecule has 0 heterocycles. The Morgan fingerprint density at radius 2 is 1.46 bits per heavy atom. The van der Waals surface area contributed by atoms with Gasteiger partial charge < -0.3 is 0 Å². The molecule has 0 aromatic carbocycles. The second-order valence-electron chi connectivity index (χ2n) is 12.9. The zero-order valence-corrected chi connectivity index (χ0v) is 20.1. The number of hydrogen-bond acceptors (Lipinski definition) is 0. The molecule has 4 aliphatic carbocycles. The summed E-state index contributed by atoms with van der Waals surface area (Å²) in [7, 11) is 0. The van der Waals surface area contributed by atoms with Gasteiger partial charge in [0.05, 0.1) is 0 Å². The lowest BCUT2D eigenvalue weighted by Crippen LogP contribution is -2.53. The van der Waals surface area contributed by atoms with E-state index >= 15 is 0 Å². The van der Waals surface area contributed by atoms with Crippen molar-refractivity contribution >= 4 is 0 Å². The molecule has 0 amide bonds. The van der Waals surface area contributed by atoms with E-state index in [0.29, 0.717) is 10.8 Å². The molecule has 28 heavy (non-hydrogen) atoms. The van der Waals surface area contributed by atoms with E-state index < -0.39 is 0 Å². The van der Waals surface area contributed by atoms with E-state index in [1.165, 1.54) is 25.7 Å². The quantitative estimate of drug-likeness (QED) is 0.443. The SMILES string of the molecule is CC(C)[C@@H](C)CC[C@H](C)[C@H]1CC[C@@H]2[C@@H]3CC[C@H]4CCCC[C@]4(C)[C@H]3CC[C@@]21C. The molecule has 4 aliphatic rings. The first-order chi connectivity index (χ1) is 13.3. The van der Waals surface area contributed by atoms with Crippen molar-refractivity contribution in [2.45, 2.75) is 119 Å². The summed E-state index contributed by atoms with van der Waals surface area (Å²) in [5, 5.41) is 0. The molecule has 0 radical (unpaired) electrons. The van der Waals surface area contributed by atoms with Crippen LogP contribution in [0.25, 0.3) is 0 Å². The minimum Gasteiger partial charge on any atom is -0.0625 e. The normalized spacial score (nSPS) is 47.9. The Bertz CT molecular complexity index is 534. The molecule has 9 atom stereocenters. The van der Waals surface area contributed by atoms with Crippen LogP contribution in [0.5, 0.6) is 0 Å². The summed E-state index contributed by atoms with van der Waals surface area (Å²) in [6.45, 7) is 15.4. The third-order valence-electron chi connectivity index (χ3n) is 11.6. The van der Waals surface area contributed by atoms with Crippen LogP contribution in [-0.4, -0.2) is 0 Å². The van der Waals surface area contributed by atoms with E-state index in [2.05, 4.69) is 41.5 Å². The first-order valence-corrected chi connectivity index (χ1v) is 13.3. The maximum atomic E-state index is 2.75. The van der Waals surface area contributed by atoms with Crippen LogP contribution in [0.3, 0.4) is 0 Å². The molecule has 0 nitrogen and oxygen atoms in total. The summed E-state index contributed by atoms with van der Waals surface area (Å²) >= 11 is 0. The van der Waals surface area contributed by atoms with E-state index in [4.69, 9.17) is 0 Å². The Labute approximate surface area is 177 Å². The maximum absolute atomic E-state index is 2.75. The molecule has 0 aliphatic heterocycles. The zero-order chi connectivity index (χ0) is 20.1. The molecular weight excluding hydrogens is 336 g/mol. The number of fused-ring (bicyclic) bond motifs is 5. The minimum absolute atomic E-state index is 0.666. The fourth-order valence-corrected chi connectivity index (χ4v) is 9.33. The molecule has 0 aromatic heterocycles. The molecule has 0 bridgehead atoms. The third-order valence-corrected chi connectivity index (χ3v) is 11.6. The standard InChI is InChI=1S/C28H50/c1-19(2)20(3)10-11-21(4)24-14-15-25-23-13-12-22-9-7-8-17-27(22,5)26(23)16-18-28(24,25)6/h19-26H,7-18H2,1-6H3/t20-,21-,22+,23-,24+,25+,26-,27-,28+/m0/s1. The highest BCUT2D eigenvalue weighted by Crippen LogP contribution is 2.68. The van der Waals surface area contributed by atoms with Crippen molar-refractivity contribution in [2.24, 2.45) is 58.2 Å². The Morgan fingerprint density at radius 3 is 2.21 bits per heavy atom. The first-order valence-electron chi connectivity index (χ1n) is 13.3. The third kappa shape index (κ3) is 3.41. The van der Waals surface area contributed by atoms with E-state index in [0.717, 1.165) is 47.3 Å². The predicted molar refractivity (Wildman–Crippen MR) is 122 cm³/mol. The fraction of sp³-hybridized carbons (Fsp3) is 1.00. The second kappa shape index (κ2) is 7.92. The van der Waals surface area contributed by atoms with Crippen molar-refractivity contribution in [2.75, 3.05) is 0 Å². The average molecular weight is 387 g/mol. The van der Waals surface area contributed by atoms with E-state index in [9.17, 15) is 0 Å². The molecule has 0 aromatic rings. The number of rotatable bonds is 5. The van der Waals surface area contributed by atoms with Crippen LogP contribution in [0.4, 0.5) is 0 Å². The summed E-state index contributed by atoms with van der Waals surface area (Å²) in [6.07, 6.45) is 18.4. The predicted octanol–water partition coefficient (Wildman–Crippen LogP) is 8.74. The van der Waals surface area contributed by atoms with Gasteiger partial charge in [-0.05, 0) is 110 Å².